The van der Waals surface area contributed by atoms with Gasteiger partial charge in [0.2, 0.25) is 11.7 Å². The second kappa shape index (κ2) is 7.22. The van der Waals surface area contributed by atoms with Crippen molar-refractivity contribution in [3.63, 3.8) is 0 Å². The number of aromatic nitrogens is 6. The molecular formula is C20H20N6O2. The summed E-state index contributed by atoms with van der Waals surface area (Å²) in [6, 6.07) is 9.53. The first-order valence-corrected chi connectivity index (χ1v) is 8.99. The van der Waals surface area contributed by atoms with Crippen molar-refractivity contribution in [1.29, 1.82) is 0 Å². The van der Waals surface area contributed by atoms with E-state index in [4.69, 9.17) is 9.26 Å². The van der Waals surface area contributed by atoms with Crippen molar-refractivity contribution >= 4 is 0 Å². The highest BCUT2D eigenvalue weighted by atomic mass is 16.5. The van der Waals surface area contributed by atoms with E-state index in [-0.39, 0.29) is 0 Å². The summed E-state index contributed by atoms with van der Waals surface area (Å²) in [7, 11) is 0. The molecule has 0 amide bonds. The van der Waals surface area contributed by atoms with E-state index >= 15 is 0 Å². The highest BCUT2D eigenvalue weighted by Gasteiger charge is 2.17. The molecule has 0 N–H and O–H groups in total. The largest absolute Gasteiger partial charge is 0.477 e. The molecule has 4 aromatic heterocycles. The van der Waals surface area contributed by atoms with Gasteiger partial charge >= 0.3 is 0 Å². The lowest BCUT2D eigenvalue weighted by atomic mass is 10.2. The molecule has 4 rings (SSSR count). The minimum atomic E-state index is 0.355. The van der Waals surface area contributed by atoms with Gasteiger partial charge < -0.3 is 9.26 Å². The Balaban J connectivity index is 1.64. The molecular weight excluding hydrogens is 356 g/mol. The fraction of sp³-hybridized carbons (Fsp3) is 0.250. The van der Waals surface area contributed by atoms with Crippen molar-refractivity contribution in [1.82, 2.24) is 29.9 Å². The van der Waals surface area contributed by atoms with E-state index < -0.39 is 0 Å². The van der Waals surface area contributed by atoms with Crippen molar-refractivity contribution < 1.29 is 9.26 Å². The van der Waals surface area contributed by atoms with Gasteiger partial charge in [-0.2, -0.15) is 10.1 Å². The Hall–Kier alpha value is -3.55. The molecule has 142 valence electrons. The van der Waals surface area contributed by atoms with E-state index in [1.54, 1.807) is 10.9 Å². The summed E-state index contributed by atoms with van der Waals surface area (Å²) in [6.45, 7) is 8.26. The molecule has 4 aromatic rings. The first-order chi connectivity index (χ1) is 13.5. The lowest BCUT2D eigenvalue weighted by Crippen LogP contribution is -2.01. The number of hydrogen-bond acceptors (Lipinski definition) is 7. The van der Waals surface area contributed by atoms with Crippen molar-refractivity contribution in [2.45, 2.75) is 27.7 Å². The smallest absolute Gasteiger partial charge is 0.263 e. The summed E-state index contributed by atoms with van der Waals surface area (Å²) in [5.41, 5.74) is 4.24. The minimum absolute atomic E-state index is 0.355. The van der Waals surface area contributed by atoms with Gasteiger partial charge in [-0.15, -0.1) is 0 Å². The molecule has 0 spiro atoms. The van der Waals surface area contributed by atoms with Crippen LogP contribution in [-0.4, -0.2) is 36.5 Å². The Morgan fingerprint density at radius 1 is 1.04 bits per heavy atom. The third-order valence-electron chi connectivity index (χ3n) is 4.17. The zero-order valence-corrected chi connectivity index (χ0v) is 16.2. The van der Waals surface area contributed by atoms with Gasteiger partial charge in [-0.3, -0.25) is 0 Å². The van der Waals surface area contributed by atoms with Crippen LogP contribution in [-0.2, 0) is 0 Å². The van der Waals surface area contributed by atoms with Crippen LogP contribution in [0.2, 0.25) is 0 Å². The van der Waals surface area contributed by atoms with Crippen LogP contribution < -0.4 is 4.74 Å². The second-order valence-electron chi connectivity index (χ2n) is 6.41. The summed E-state index contributed by atoms with van der Waals surface area (Å²) in [5, 5.41) is 8.52. The molecule has 0 aliphatic carbocycles. The number of pyridine rings is 2. The van der Waals surface area contributed by atoms with Crippen molar-refractivity contribution in [3.05, 3.63) is 53.6 Å². The maximum atomic E-state index is 5.60. The number of rotatable bonds is 5. The predicted octanol–water partition coefficient (Wildman–Crippen LogP) is 3.70. The van der Waals surface area contributed by atoms with Gasteiger partial charge in [-0.1, -0.05) is 5.16 Å². The van der Waals surface area contributed by atoms with Crippen LogP contribution in [0.3, 0.4) is 0 Å². The molecule has 0 saturated heterocycles. The van der Waals surface area contributed by atoms with Gasteiger partial charge in [-0.25, -0.2) is 14.6 Å². The fourth-order valence-electron chi connectivity index (χ4n) is 2.90. The van der Waals surface area contributed by atoms with E-state index in [1.165, 1.54) is 0 Å². The first kappa shape index (κ1) is 17.8. The van der Waals surface area contributed by atoms with Gasteiger partial charge in [0.15, 0.2) is 5.82 Å². The maximum Gasteiger partial charge on any atom is 0.263 e. The lowest BCUT2D eigenvalue weighted by Gasteiger charge is -2.06. The quantitative estimate of drug-likeness (QED) is 0.524. The Kier molecular flexibility index (Phi) is 4.60. The minimum Gasteiger partial charge on any atom is -0.477 e. The summed E-state index contributed by atoms with van der Waals surface area (Å²) in [6.07, 6.45) is 1.71. The molecule has 0 unspecified atom stereocenters. The molecule has 0 aliphatic rings. The third kappa shape index (κ3) is 3.36. The average molecular weight is 376 g/mol. The molecule has 8 nitrogen and oxygen atoms in total. The van der Waals surface area contributed by atoms with Gasteiger partial charge in [0.25, 0.3) is 5.89 Å². The van der Waals surface area contributed by atoms with Crippen molar-refractivity contribution in [3.8, 4) is 34.5 Å². The highest BCUT2D eigenvalue weighted by Crippen LogP contribution is 2.29. The van der Waals surface area contributed by atoms with Crippen LogP contribution in [0.25, 0.3) is 28.7 Å². The number of nitrogens with zero attached hydrogens (tertiary/aromatic N) is 6. The number of aryl methyl sites for hydroxylation is 3. The SMILES string of the molecule is CCOc1nc(C)ccc1-c1nc(-c2ccc(-n3nc(C)cc3C)nc2)no1. The van der Waals surface area contributed by atoms with Crippen LogP contribution >= 0.6 is 0 Å². The number of hydrogen-bond donors (Lipinski definition) is 0. The molecule has 0 radical (unpaired) electrons. The highest BCUT2D eigenvalue weighted by molar-refractivity contribution is 5.63. The standard InChI is InChI=1S/C20H20N6O2/c1-5-27-19-16(8-6-12(2)22-19)20-23-18(25-28-20)15-7-9-17(21-11-15)26-14(4)10-13(3)24-26/h6-11H,5H2,1-4H3. The monoisotopic (exact) mass is 376 g/mol. The van der Waals surface area contributed by atoms with Crippen LogP contribution in [0.4, 0.5) is 0 Å². The molecule has 0 aliphatic heterocycles. The van der Waals surface area contributed by atoms with Crippen LogP contribution in [0.1, 0.15) is 24.0 Å². The molecule has 8 heteroatoms. The summed E-state index contributed by atoms with van der Waals surface area (Å²) >= 11 is 0. The van der Waals surface area contributed by atoms with Gasteiger partial charge in [0, 0.05) is 23.1 Å². The van der Waals surface area contributed by atoms with Crippen LogP contribution in [0.15, 0.2) is 41.1 Å². The molecule has 0 fully saturated rings. The summed E-state index contributed by atoms with van der Waals surface area (Å²) in [4.78, 5) is 13.4. The fourth-order valence-corrected chi connectivity index (χ4v) is 2.90. The van der Waals surface area contributed by atoms with Crippen molar-refractivity contribution in [2.24, 2.45) is 0 Å². The topological polar surface area (TPSA) is 91.8 Å². The van der Waals surface area contributed by atoms with E-state index in [1.807, 2.05) is 58.0 Å². The second-order valence-corrected chi connectivity index (χ2v) is 6.41. The molecule has 0 aromatic carbocycles. The predicted molar refractivity (Wildman–Crippen MR) is 103 cm³/mol. The Morgan fingerprint density at radius 3 is 2.57 bits per heavy atom. The van der Waals surface area contributed by atoms with Gasteiger partial charge in [0.1, 0.15) is 5.56 Å². The van der Waals surface area contributed by atoms with E-state index in [0.29, 0.717) is 29.8 Å². The van der Waals surface area contributed by atoms with Crippen LogP contribution in [0.5, 0.6) is 5.88 Å². The van der Waals surface area contributed by atoms with E-state index in [9.17, 15) is 0 Å². The zero-order valence-electron chi connectivity index (χ0n) is 16.2. The van der Waals surface area contributed by atoms with Crippen LogP contribution in [0, 0.1) is 20.8 Å². The Morgan fingerprint density at radius 2 is 1.89 bits per heavy atom. The molecule has 4 heterocycles. The molecule has 0 atom stereocenters. The molecule has 0 saturated carbocycles. The summed E-state index contributed by atoms with van der Waals surface area (Å²) in [5.74, 6) is 2.02. The zero-order chi connectivity index (χ0) is 19.7. The van der Waals surface area contributed by atoms with E-state index in [0.717, 1.165) is 28.5 Å². The lowest BCUT2D eigenvalue weighted by molar-refractivity contribution is 0.325. The van der Waals surface area contributed by atoms with Gasteiger partial charge in [-0.05, 0) is 58.0 Å². The third-order valence-corrected chi connectivity index (χ3v) is 4.17. The summed E-state index contributed by atoms with van der Waals surface area (Å²) < 4.78 is 12.8. The normalized spacial score (nSPS) is 11.0. The first-order valence-electron chi connectivity index (χ1n) is 8.99. The number of ether oxygens (including phenoxy) is 1. The molecule has 28 heavy (non-hydrogen) atoms. The molecule has 0 bridgehead atoms. The van der Waals surface area contributed by atoms with Crippen molar-refractivity contribution in [2.75, 3.05) is 6.61 Å². The maximum absolute atomic E-state index is 5.60. The Bertz CT molecular complexity index is 1110. The van der Waals surface area contributed by atoms with Gasteiger partial charge in [0.05, 0.1) is 12.3 Å². The average Bonchev–Trinajstić information content (AvgIpc) is 3.29. The van der Waals surface area contributed by atoms with E-state index in [2.05, 4.69) is 25.2 Å². The Labute approximate surface area is 162 Å².